The molecule has 0 bridgehead atoms. The first-order valence-electron chi connectivity index (χ1n) is 8.57. The number of amides is 1. The molecule has 1 N–H and O–H groups in total. The van der Waals surface area contributed by atoms with E-state index in [0.717, 1.165) is 5.56 Å². The highest BCUT2D eigenvalue weighted by molar-refractivity contribution is 7.89. The van der Waals surface area contributed by atoms with Gasteiger partial charge in [-0.1, -0.05) is 37.6 Å². The summed E-state index contributed by atoms with van der Waals surface area (Å²) in [5, 5.41) is 2.85. The molecular formula is C19H23ClN2O4S. The number of ether oxygens (including phenoxy) is 1. The third kappa shape index (κ3) is 5.45. The standard InChI is InChI=1S/C19H23ClN2O4S/c1-4-22(5-2)27(24,25)16-9-10-17(20)18(12-16)21-19(23)13-26-15-8-6-7-14(3)11-15/h6-12H,4-5,13H2,1-3H3,(H,21,23). The zero-order valence-electron chi connectivity index (χ0n) is 15.5. The summed E-state index contributed by atoms with van der Waals surface area (Å²) in [7, 11) is -3.64. The first-order valence-corrected chi connectivity index (χ1v) is 10.4. The first-order chi connectivity index (χ1) is 12.8. The van der Waals surface area contributed by atoms with E-state index in [-0.39, 0.29) is 22.2 Å². The van der Waals surface area contributed by atoms with Crippen LogP contribution in [0.4, 0.5) is 5.69 Å². The molecular weight excluding hydrogens is 388 g/mol. The number of carbonyl (C=O) groups excluding carboxylic acids is 1. The minimum absolute atomic E-state index is 0.0745. The fourth-order valence-electron chi connectivity index (χ4n) is 2.51. The minimum atomic E-state index is -3.64. The van der Waals surface area contributed by atoms with Crippen LogP contribution in [0, 0.1) is 6.92 Å². The molecule has 0 spiro atoms. The van der Waals surface area contributed by atoms with E-state index in [4.69, 9.17) is 16.3 Å². The maximum atomic E-state index is 12.6. The molecule has 0 heterocycles. The van der Waals surface area contributed by atoms with Gasteiger partial charge in [-0.2, -0.15) is 4.31 Å². The monoisotopic (exact) mass is 410 g/mol. The lowest BCUT2D eigenvalue weighted by Gasteiger charge is -2.19. The van der Waals surface area contributed by atoms with E-state index in [1.54, 1.807) is 19.9 Å². The van der Waals surface area contributed by atoms with Crippen LogP contribution in [0.15, 0.2) is 47.4 Å². The number of nitrogens with one attached hydrogen (secondary N) is 1. The Morgan fingerprint density at radius 3 is 2.48 bits per heavy atom. The largest absolute Gasteiger partial charge is 0.484 e. The Morgan fingerprint density at radius 1 is 1.15 bits per heavy atom. The summed E-state index contributed by atoms with van der Waals surface area (Å²) in [6, 6.07) is 11.6. The fourth-order valence-corrected chi connectivity index (χ4v) is 4.16. The predicted octanol–water partition coefficient (Wildman–Crippen LogP) is 3.70. The second-order valence-electron chi connectivity index (χ2n) is 5.88. The molecule has 27 heavy (non-hydrogen) atoms. The molecule has 6 nitrogen and oxygen atoms in total. The molecule has 0 saturated heterocycles. The third-order valence-electron chi connectivity index (χ3n) is 3.91. The summed E-state index contributed by atoms with van der Waals surface area (Å²) >= 11 is 6.11. The van der Waals surface area contributed by atoms with Gasteiger partial charge in [-0.15, -0.1) is 0 Å². The lowest BCUT2D eigenvalue weighted by molar-refractivity contribution is -0.118. The zero-order valence-corrected chi connectivity index (χ0v) is 17.1. The molecule has 146 valence electrons. The van der Waals surface area contributed by atoms with Crippen molar-refractivity contribution in [2.45, 2.75) is 25.7 Å². The van der Waals surface area contributed by atoms with E-state index >= 15 is 0 Å². The number of hydrogen-bond acceptors (Lipinski definition) is 4. The van der Waals surface area contributed by atoms with Crippen molar-refractivity contribution in [3.8, 4) is 5.75 Å². The van der Waals surface area contributed by atoms with Gasteiger partial charge in [0.05, 0.1) is 15.6 Å². The number of nitrogens with zero attached hydrogens (tertiary/aromatic N) is 1. The Kier molecular flexibility index (Phi) is 7.24. The number of benzene rings is 2. The van der Waals surface area contributed by atoms with Gasteiger partial charge in [0.25, 0.3) is 5.91 Å². The van der Waals surface area contributed by atoms with Gasteiger partial charge in [-0.3, -0.25) is 4.79 Å². The van der Waals surface area contributed by atoms with E-state index in [9.17, 15) is 13.2 Å². The summed E-state index contributed by atoms with van der Waals surface area (Å²) in [5.74, 6) is 0.143. The van der Waals surface area contributed by atoms with Crippen molar-refractivity contribution < 1.29 is 17.9 Å². The zero-order chi connectivity index (χ0) is 20.0. The van der Waals surface area contributed by atoms with Crippen LogP contribution in [-0.2, 0) is 14.8 Å². The summed E-state index contributed by atoms with van der Waals surface area (Å²) < 4.78 is 32.0. The summed E-state index contributed by atoms with van der Waals surface area (Å²) in [5.41, 5.74) is 1.24. The van der Waals surface area contributed by atoms with Gasteiger partial charge in [0, 0.05) is 13.1 Å². The van der Waals surface area contributed by atoms with Crippen molar-refractivity contribution in [1.82, 2.24) is 4.31 Å². The van der Waals surface area contributed by atoms with Crippen LogP contribution in [0.5, 0.6) is 5.75 Å². The molecule has 0 aliphatic heterocycles. The van der Waals surface area contributed by atoms with Gasteiger partial charge in [0.15, 0.2) is 6.61 Å². The van der Waals surface area contributed by atoms with Crippen LogP contribution < -0.4 is 10.1 Å². The molecule has 0 radical (unpaired) electrons. The molecule has 0 unspecified atom stereocenters. The molecule has 0 aliphatic carbocycles. The molecule has 8 heteroatoms. The van der Waals surface area contributed by atoms with Crippen molar-refractivity contribution in [2.75, 3.05) is 25.0 Å². The van der Waals surface area contributed by atoms with Crippen molar-refractivity contribution in [1.29, 1.82) is 0 Å². The molecule has 0 fully saturated rings. The Morgan fingerprint density at radius 2 is 1.85 bits per heavy atom. The molecule has 0 saturated carbocycles. The predicted molar refractivity (Wildman–Crippen MR) is 107 cm³/mol. The highest BCUT2D eigenvalue weighted by atomic mass is 35.5. The third-order valence-corrected chi connectivity index (χ3v) is 6.29. The Bertz CT molecular complexity index is 912. The van der Waals surface area contributed by atoms with Gasteiger partial charge >= 0.3 is 0 Å². The van der Waals surface area contributed by atoms with E-state index < -0.39 is 15.9 Å². The van der Waals surface area contributed by atoms with Gasteiger partial charge in [0.1, 0.15) is 5.75 Å². The molecule has 2 aromatic rings. The molecule has 0 aromatic heterocycles. The maximum Gasteiger partial charge on any atom is 0.262 e. The van der Waals surface area contributed by atoms with Crippen LogP contribution in [0.25, 0.3) is 0 Å². The smallest absolute Gasteiger partial charge is 0.262 e. The van der Waals surface area contributed by atoms with Crippen molar-refractivity contribution in [3.63, 3.8) is 0 Å². The van der Waals surface area contributed by atoms with E-state index in [1.165, 1.54) is 22.5 Å². The highest BCUT2D eigenvalue weighted by Gasteiger charge is 2.22. The summed E-state index contributed by atoms with van der Waals surface area (Å²) in [4.78, 5) is 12.3. The van der Waals surface area contributed by atoms with Crippen LogP contribution in [0.1, 0.15) is 19.4 Å². The van der Waals surface area contributed by atoms with Crippen molar-refractivity contribution in [2.24, 2.45) is 0 Å². The molecule has 1 amide bonds. The number of anilines is 1. The average molecular weight is 411 g/mol. The van der Waals surface area contributed by atoms with Gasteiger partial charge in [0.2, 0.25) is 10.0 Å². The number of hydrogen-bond donors (Lipinski definition) is 1. The van der Waals surface area contributed by atoms with E-state index in [2.05, 4.69) is 5.32 Å². The molecule has 0 aliphatic rings. The summed E-state index contributed by atoms with van der Waals surface area (Å²) in [6.45, 7) is 5.95. The fraction of sp³-hybridized carbons (Fsp3) is 0.316. The number of halogens is 1. The molecule has 2 rings (SSSR count). The van der Waals surface area contributed by atoms with Crippen LogP contribution in [-0.4, -0.2) is 38.3 Å². The van der Waals surface area contributed by atoms with Crippen molar-refractivity contribution >= 4 is 33.2 Å². The topological polar surface area (TPSA) is 75.7 Å². The lowest BCUT2D eigenvalue weighted by Crippen LogP contribution is -2.30. The van der Waals surface area contributed by atoms with Crippen molar-refractivity contribution in [3.05, 3.63) is 53.1 Å². The van der Waals surface area contributed by atoms with Crippen LogP contribution >= 0.6 is 11.6 Å². The second kappa shape index (κ2) is 9.21. The van der Waals surface area contributed by atoms with E-state index in [1.807, 2.05) is 25.1 Å². The van der Waals surface area contributed by atoms with Crippen LogP contribution in [0.2, 0.25) is 5.02 Å². The van der Waals surface area contributed by atoms with Crippen LogP contribution in [0.3, 0.4) is 0 Å². The Balaban J connectivity index is 2.13. The molecule has 0 atom stereocenters. The number of carbonyl (C=O) groups is 1. The average Bonchev–Trinajstić information content (AvgIpc) is 2.62. The maximum absolute atomic E-state index is 12.6. The number of rotatable bonds is 8. The first kappa shape index (κ1) is 21.2. The minimum Gasteiger partial charge on any atom is -0.484 e. The highest BCUT2D eigenvalue weighted by Crippen LogP contribution is 2.27. The van der Waals surface area contributed by atoms with Gasteiger partial charge in [-0.05, 0) is 42.8 Å². The quantitative estimate of drug-likeness (QED) is 0.720. The SMILES string of the molecule is CCN(CC)S(=O)(=O)c1ccc(Cl)c(NC(=O)COc2cccc(C)c2)c1. The number of sulfonamides is 1. The van der Waals surface area contributed by atoms with Gasteiger partial charge < -0.3 is 10.1 Å². The second-order valence-corrected chi connectivity index (χ2v) is 8.23. The van der Waals surface area contributed by atoms with Gasteiger partial charge in [-0.25, -0.2) is 8.42 Å². The number of aryl methyl sites for hydroxylation is 1. The Labute approximate surface area is 165 Å². The molecule has 2 aromatic carbocycles. The summed E-state index contributed by atoms with van der Waals surface area (Å²) in [6.07, 6.45) is 0. The normalized spacial score (nSPS) is 11.4. The van der Waals surface area contributed by atoms with E-state index in [0.29, 0.717) is 18.8 Å². The Hall–Kier alpha value is -2.09. The lowest BCUT2D eigenvalue weighted by atomic mass is 10.2.